The monoisotopic (exact) mass is 525 g/mol. The van der Waals surface area contributed by atoms with Crippen LogP contribution in [-0.4, -0.2) is 27.4 Å². The van der Waals surface area contributed by atoms with E-state index in [-0.39, 0.29) is 33.3 Å². The van der Waals surface area contributed by atoms with Crippen LogP contribution in [0.5, 0.6) is 11.5 Å². The fraction of sp³-hybridized carbons (Fsp3) is 0.414. The number of allylic oxidation sites excluding steroid dienone is 3. The third kappa shape index (κ3) is 5.25. The number of benzene rings is 2. The molecule has 2 aromatic rings. The zero-order valence-electron chi connectivity index (χ0n) is 22.1. The van der Waals surface area contributed by atoms with Crippen molar-refractivity contribution in [3.8, 4) is 11.5 Å². The lowest BCUT2D eigenvalue weighted by Crippen LogP contribution is -2.35. The average molecular weight is 526 g/mol. The highest BCUT2D eigenvalue weighted by molar-refractivity contribution is 7.95. The summed E-state index contributed by atoms with van der Waals surface area (Å²) in [4.78, 5) is 13.5. The van der Waals surface area contributed by atoms with Crippen LogP contribution in [0.2, 0.25) is 0 Å². The Morgan fingerprint density at radius 3 is 2.38 bits per heavy atom. The first-order chi connectivity index (χ1) is 17.5. The van der Waals surface area contributed by atoms with Crippen LogP contribution in [0.15, 0.2) is 69.5 Å². The molecule has 8 heteroatoms. The zero-order valence-corrected chi connectivity index (χ0v) is 22.9. The normalized spacial score (nSPS) is 19.4. The van der Waals surface area contributed by atoms with Crippen molar-refractivity contribution in [1.82, 2.24) is 0 Å². The fourth-order valence-electron chi connectivity index (χ4n) is 4.90. The van der Waals surface area contributed by atoms with Crippen LogP contribution in [0.3, 0.4) is 0 Å². The second-order valence-corrected chi connectivity index (χ2v) is 12.3. The lowest BCUT2D eigenvalue weighted by atomic mass is 9.72. The Morgan fingerprint density at radius 1 is 1.03 bits per heavy atom. The van der Waals surface area contributed by atoms with Crippen LogP contribution in [-0.2, 0) is 19.4 Å². The number of carbonyl (C=O) groups is 1. The molecule has 2 aromatic carbocycles. The summed E-state index contributed by atoms with van der Waals surface area (Å²) < 4.78 is 45.7. The van der Waals surface area contributed by atoms with E-state index in [0.717, 1.165) is 12.0 Å². The largest absolute Gasteiger partial charge is 0.490 e. The molecule has 0 unspecified atom stereocenters. The highest BCUT2D eigenvalue weighted by Crippen LogP contribution is 2.51. The van der Waals surface area contributed by atoms with E-state index in [0.29, 0.717) is 48.0 Å². The summed E-state index contributed by atoms with van der Waals surface area (Å²) in [5.41, 5.74) is 7.88. The minimum Gasteiger partial charge on any atom is -0.490 e. The van der Waals surface area contributed by atoms with Gasteiger partial charge in [0.1, 0.15) is 10.7 Å². The molecule has 0 bridgehead atoms. The third-order valence-corrected chi connectivity index (χ3v) is 8.50. The number of rotatable bonds is 8. The number of Topliss-reactive ketones (excluding diaryl/α,β-unsaturated/α-hetero) is 1. The van der Waals surface area contributed by atoms with Crippen molar-refractivity contribution in [3.63, 3.8) is 0 Å². The van der Waals surface area contributed by atoms with Crippen LogP contribution in [0.25, 0.3) is 0 Å². The van der Waals surface area contributed by atoms with E-state index in [9.17, 15) is 13.2 Å². The maximum absolute atomic E-state index is 14.0. The first-order valence-corrected chi connectivity index (χ1v) is 14.1. The average Bonchev–Trinajstić information content (AvgIpc) is 2.81. The predicted octanol–water partition coefficient (Wildman–Crippen LogP) is 5.54. The molecule has 1 heterocycles. The van der Waals surface area contributed by atoms with Gasteiger partial charge in [0.15, 0.2) is 17.3 Å². The summed E-state index contributed by atoms with van der Waals surface area (Å²) in [6.07, 6.45) is 1.57. The molecule has 0 radical (unpaired) electrons. The second kappa shape index (κ2) is 10.2. The summed E-state index contributed by atoms with van der Waals surface area (Å²) >= 11 is 0. The third-order valence-electron chi connectivity index (χ3n) is 6.59. The van der Waals surface area contributed by atoms with Gasteiger partial charge in [-0.15, -0.1) is 0 Å². The topological polar surface area (TPSA) is 105 Å². The van der Waals surface area contributed by atoms with Crippen LogP contribution < -0.4 is 15.2 Å². The van der Waals surface area contributed by atoms with Gasteiger partial charge in [-0.2, -0.15) is 0 Å². The molecular formula is C29H35NO6S. The molecule has 1 aliphatic carbocycles. The zero-order chi connectivity index (χ0) is 27.0. The Labute approximate surface area is 219 Å². The van der Waals surface area contributed by atoms with Gasteiger partial charge in [-0.3, -0.25) is 4.79 Å². The minimum absolute atomic E-state index is 0.0882. The summed E-state index contributed by atoms with van der Waals surface area (Å²) in [6, 6.07) is 11.8. The van der Waals surface area contributed by atoms with E-state index in [2.05, 4.69) is 0 Å². The molecule has 4 rings (SSSR count). The van der Waals surface area contributed by atoms with Crippen molar-refractivity contribution < 1.29 is 27.4 Å². The summed E-state index contributed by atoms with van der Waals surface area (Å²) in [6.45, 7) is 10.6. The molecule has 0 saturated carbocycles. The van der Waals surface area contributed by atoms with Gasteiger partial charge < -0.3 is 19.9 Å². The molecule has 37 heavy (non-hydrogen) atoms. The summed E-state index contributed by atoms with van der Waals surface area (Å²) in [5.74, 6) is 0.179. The van der Waals surface area contributed by atoms with Crippen molar-refractivity contribution in [2.45, 2.75) is 64.7 Å². The number of nitrogens with two attached hydrogens (primary N) is 1. The van der Waals surface area contributed by atoms with E-state index in [1.54, 1.807) is 42.5 Å². The molecule has 0 saturated heterocycles. The van der Waals surface area contributed by atoms with E-state index < -0.39 is 15.8 Å². The minimum atomic E-state index is -4.11. The van der Waals surface area contributed by atoms with Gasteiger partial charge in [-0.25, -0.2) is 8.42 Å². The predicted molar refractivity (Wildman–Crippen MR) is 142 cm³/mol. The van der Waals surface area contributed by atoms with Crippen molar-refractivity contribution in [3.05, 3.63) is 75.7 Å². The maximum Gasteiger partial charge on any atom is 0.208 e. The molecule has 0 aromatic heterocycles. The van der Waals surface area contributed by atoms with E-state index in [4.69, 9.17) is 19.9 Å². The Morgan fingerprint density at radius 2 is 1.73 bits per heavy atom. The first-order valence-electron chi connectivity index (χ1n) is 12.6. The highest BCUT2D eigenvalue weighted by Gasteiger charge is 2.46. The van der Waals surface area contributed by atoms with Crippen LogP contribution in [0.4, 0.5) is 0 Å². The van der Waals surface area contributed by atoms with Crippen molar-refractivity contribution in [2.75, 3.05) is 13.2 Å². The van der Waals surface area contributed by atoms with Crippen LogP contribution in [0.1, 0.15) is 64.0 Å². The number of carbonyl (C=O) groups excluding carboxylic acids is 1. The molecule has 0 spiro atoms. The Hall–Kier alpha value is -3.26. The fourth-order valence-corrected chi connectivity index (χ4v) is 6.52. The molecule has 7 nitrogen and oxygen atoms in total. The maximum atomic E-state index is 14.0. The van der Waals surface area contributed by atoms with Crippen molar-refractivity contribution >= 4 is 15.6 Å². The van der Waals surface area contributed by atoms with Crippen molar-refractivity contribution in [1.29, 1.82) is 0 Å². The lowest BCUT2D eigenvalue weighted by molar-refractivity contribution is -0.119. The van der Waals surface area contributed by atoms with Gasteiger partial charge in [0.2, 0.25) is 15.7 Å². The molecule has 1 atom stereocenters. The van der Waals surface area contributed by atoms with E-state index in [1.807, 2.05) is 34.6 Å². The number of hydrogen-bond donors (Lipinski definition) is 1. The van der Waals surface area contributed by atoms with Gasteiger partial charge in [0.05, 0.1) is 24.0 Å². The Balaban J connectivity index is 1.93. The van der Waals surface area contributed by atoms with Gasteiger partial charge in [0, 0.05) is 18.4 Å². The van der Waals surface area contributed by atoms with Gasteiger partial charge in [-0.1, -0.05) is 44.5 Å². The highest BCUT2D eigenvalue weighted by atomic mass is 32.2. The van der Waals surface area contributed by atoms with Gasteiger partial charge >= 0.3 is 0 Å². The van der Waals surface area contributed by atoms with Crippen molar-refractivity contribution in [2.24, 2.45) is 11.1 Å². The van der Waals surface area contributed by atoms with Crippen LogP contribution >= 0.6 is 0 Å². The van der Waals surface area contributed by atoms with Gasteiger partial charge in [0.25, 0.3) is 0 Å². The molecule has 0 fully saturated rings. The molecule has 1 aliphatic heterocycles. The summed E-state index contributed by atoms with van der Waals surface area (Å²) in [5, 5.41) is 0. The SMILES string of the molecule is CCCOc1ccc([C@H]2C3=C(CC(C)(C)CC3=O)OC(N)=C2S(=O)(=O)c2ccc(C)cc2)cc1OCC. The lowest BCUT2D eigenvalue weighted by Gasteiger charge is -2.38. The number of sulfone groups is 1. The number of hydrogen-bond acceptors (Lipinski definition) is 7. The molecular weight excluding hydrogens is 490 g/mol. The Kier molecular flexibility index (Phi) is 7.42. The number of aryl methyl sites for hydroxylation is 1. The smallest absolute Gasteiger partial charge is 0.208 e. The quantitative estimate of drug-likeness (QED) is 0.482. The summed E-state index contributed by atoms with van der Waals surface area (Å²) in [7, 11) is -4.11. The van der Waals surface area contributed by atoms with Gasteiger partial charge in [-0.05, 0) is 55.5 Å². The molecule has 2 aliphatic rings. The Bertz CT molecular complexity index is 1370. The molecule has 198 valence electrons. The van der Waals surface area contributed by atoms with E-state index >= 15 is 0 Å². The first kappa shape index (κ1) is 26.8. The number of ketones is 1. The number of ether oxygens (including phenoxy) is 3. The standard InChI is InChI=1S/C29H35NO6S/c1-6-14-35-22-13-10-19(15-23(22)34-7-2)25-26-21(31)16-29(4,5)17-24(26)36-28(30)27(25)37(32,33)20-11-8-18(3)9-12-20/h8-13,15,25H,6-7,14,16-17,30H2,1-5H3/t25-/m0/s1. The van der Waals surface area contributed by atoms with Crippen LogP contribution in [0, 0.1) is 12.3 Å². The second-order valence-electron chi connectivity index (χ2n) is 10.3. The molecule has 0 amide bonds. The van der Waals surface area contributed by atoms with E-state index in [1.165, 1.54) is 0 Å². The molecule has 2 N–H and O–H groups in total.